The zero-order chi connectivity index (χ0) is 21.2. The fourth-order valence-electron chi connectivity index (χ4n) is 3.41. The molecule has 1 aliphatic heterocycles. The van der Waals surface area contributed by atoms with Gasteiger partial charge in [-0.2, -0.15) is 0 Å². The molecule has 2 aromatic rings. The van der Waals surface area contributed by atoms with Gasteiger partial charge in [-0.3, -0.25) is 19.5 Å². The number of ether oxygens (including phenoxy) is 3. The van der Waals surface area contributed by atoms with Crippen molar-refractivity contribution in [2.75, 3.05) is 19.1 Å². The molecule has 0 bridgehead atoms. The van der Waals surface area contributed by atoms with Crippen molar-refractivity contribution >= 4 is 29.0 Å². The van der Waals surface area contributed by atoms with Crippen LogP contribution in [0.3, 0.4) is 0 Å². The lowest BCUT2D eigenvalue weighted by molar-refractivity contribution is -0.162. The summed E-state index contributed by atoms with van der Waals surface area (Å²) >= 11 is 0. The molecule has 152 valence electrons. The molecular formula is C22H24N2O5. The summed E-state index contributed by atoms with van der Waals surface area (Å²) in [5.41, 5.74) is 1.10. The Morgan fingerprint density at radius 3 is 1.97 bits per heavy atom. The molecule has 0 saturated carbocycles. The SMILES string of the molecule is COc1ccc(N=C(C)[C@]2(C)[C@H](OC(C)=O)C(=O)N2c2ccc(OC)cc2)cc1. The Bertz CT molecular complexity index is 937. The Morgan fingerprint density at radius 2 is 1.48 bits per heavy atom. The summed E-state index contributed by atoms with van der Waals surface area (Å²) in [4.78, 5) is 30.7. The summed E-state index contributed by atoms with van der Waals surface area (Å²) in [5, 5.41) is 0. The van der Waals surface area contributed by atoms with Crippen LogP contribution in [-0.2, 0) is 14.3 Å². The standard InChI is InChI=1S/C22H24N2O5/c1-14(23-16-6-10-18(27-4)11-7-16)22(3)20(29-15(2)25)21(26)24(22)17-8-12-19(28-5)13-9-17/h6-13,20H,1-5H3/t20-,22-/m1/s1. The van der Waals surface area contributed by atoms with Gasteiger partial charge in [0.1, 0.15) is 17.0 Å². The molecule has 0 spiro atoms. The molecule has 1 aliphatic rings. The first kappa shape index (κ1) is 20.4. The molecule has 1 heterocycles. The van der Waals surface area contributed by atoms with Gasteiger partial charge in [-0.15, -0.1) is 0 Å². The third-order valence-corrected chi connectivity index (χ3v) is 5.14. The van der Waals surface area contributed by atoms with E-state index in [9.17, 15) is 9.59 Å². The van der Waals surface area contributed by atoms with Crippen LogP contribution in [0.15, 0.2) is 53.5 Å². The van der Waals surface area contributed by atoms with Crippen molar-refractivity contribution in [3.05, 3.63) is 48.5 Å². The van der Waals surface area contributed by atoms with E-state index in [1.807, 2.05) is 38.1 Å². The maximum Gasteiger partial charge on any atom is 0.303 e. The second-order valence-electron chi connectivity index (χ2n) is 6.90. The van der Waals surface area contributed by atoms with Gasteiger partial charge in [0.05, 0.1) is 19.9 Å². The minimum atomic E-state index is -0.941. The second kappa shape index (κ2) is 7.95. The number of carbonyl (C=O) groups excluding carboxylic acids is 2. The Balaban J connectivity index is 2.00. The Labute approximate surface area is 169 Å². The van der Waals surface area contributed by atoms with Gasteiger partial charge in [-0.1, -0.05) is 0 Å². The molecule has 2 atom stereocenters. The molecule has 0 aliphatic carbocycles. The van der Waals surface area contributed by atoms with Gasteiger partial charge in [0.2, 0.25) is 6.10 Å². The molecule has 0 N–H and O–H groups in total. The van der Waals surface area contributed by atoms with E-state index in [4.69, 9.17) is 14.2 Å². The smallest absolute Gasteiger partial charge is 0.303 e. The first-order chi connectivity index (χ1) is 13.8. The van der Waals surface area contributed by atoms with Gasteiger partial charge in [-0.05, 0) is 62.4 Å². The molecule has 7 nitrogen and oxygen atoms in total. The average Bonchev–Trinajstić information content (AvgIpc) is 2.73. The number of anilines is 1. The minimum Gasteiger partial charge on any atom is -0.497 e. The second-order valence-corrected chi connectivity index (χ2v) is 6.90. The zero-order valence-electron chi connectivity index (χ0n) is 17.1. The summed E-state index contributed by atoms with van der Waals surface area (Å²) in [7, 11) is 3.18. The molecule has 1 amide bonds. The lowest BCUT2D eigenvalue weighted by Crippen LogP contribution is -2.77. The molecular weight excluding hydrogens is 372 g/mol. The molecule has 1 fully saturated rings. The fraction of sp³-hybridized carbons (Fsp3) is 0.318. The Kier molecular flexibility index (Phi) is 5.59. The molecule has 0 unspecified atom stereocenters. The number of aliphatic imine (C=N–C) groups is 1. The highest BCUT2D eigenvalue weighted by Gasteiger charge is 2.62. The summed E-state index contributed by atoms with van der Waals surface area (Å²) in [6, 6.07) is 14.4. The van der Waals surface area contributed by atoms with E-state index in [1.165, 1.54) is 6.92 Å². The summed E-state index contributed by atoms with van der Waals surface area (Å²) in [5.74, 6) is 0.603. The first-order valence-corrected chi connectivity index (χ1v) is 9.16. The maximum atomic E-state index is 12.9. The molecule has 2 aromatic carbocycles. The van der Waals surface area contributed by atoms with E-state index in [0.29, 0.717) is 22.8 Å². The van der Waals surface area contributed by atoms with E-state index in [1.54, 1.807) is 43.4 Å². The monoisotopic (exact) mass is 396 g/mol. The fourth-order valence-corrected chi connectivity index (χ4v) is 3.41. The molecule has 0 aromatic heterocycles. The van der Waals surface area contributed by atoms with E-state index < -0.39 is 17.6 Å². The highest BCUT2D eigenvalue weighted by molar-refractivity contribution is 6.18. The molecule has 1 saturated heterocycles. The van der Waals surface area contributed by atoms with Crippen LogP contribution < -0.4 is 14.4 Å². The summed E-state index contributed by atoms with van der Waals surface area (Å²) in [6.07, 6.45) is -0.941. The molecule has 7 heteroatoms. The first-order valence-electron chi connectivity index (χ1n) is 9.16. The van der Waals surface area contributed by atoms with Crippen LogP contribution in [0.4, 0.5) is 11.4 Å². The number of benzene rings is 2. The van der Waals surface area contributed by atoms with Crippen molar-refractivity contribution in [3.63, 3.8) is 0 Å². The quantitative estimate of drug-likeness (QED) is 0.424. The van der Waals surface area contributed by atoms with Crippen LogP contribution in [0, 0.1) is 0 Å². The van der Waals surface area contributed by atoms with Gasteiger partial charge in [0, 0.05) is 18.3 Å². The number of rotatable bonds is 6. The minimum absolute atomic E-state index is 0.294. The van der Waals surface area contributed by atoms with E-state index in [2.05, 4.69) is 4.99 Å². The number of hydrogen-bond donors (Lipinski definition) is 0. The topological polar surface area (TPSA) is 77.4 Å². The average molecular weight is 396 g/mol. The normalized spacial score (nSPS) is 21.4. The van der Waals surface area contributed by atoms with Gasteiger partial charge in [0.25, 0.3) is 5.91 Å². The number of amides is 1. The van der Waals surface area contributed by atoms with Gasteiger partial charge >= 0.3 is 5.97 Å². The predicted molar refractivity (Wildman–Crippen MR) is 110 cm³/mol. The van der Waals surface area contributed by atoms with Crippen LogP contribution in [0.25, 0.3) is 0 Å². The molecule has 29 heavy (non-hydrogen) atoms. The number of esters is 1. The maximum absolute atomic E-state index is 12.9. The lowest BCUT2D eigenvalue weighted by Gasteiger charge is -2.54. The zero-order valence-corrected chi connectivity index (χ0v) is 17.1. The van der Waals surface area contributed by atoms with Gasteiger partial charge < -0.3 is 14.2 Å². The number of carbonyl (C=O) groups is 2. The Hall–Kier alpha value is -3.35. The Morgan fingerprint density at radius 1 is 0.966 bits per heavy atom. The number of β-lactam (4-membered cyclic amide) rings is 1. The summed E-state index contributed by atoms with van der Waals surface area (Å²) < 4.78 is 15.7. The molecule has 3 rings (SSSR count). The van der Waals surface area contributed by atoms with Crippen molar-refractivity contribution in [1.29, 1.82) is 0 Å². The van der Waals surface area contributed by atoms with E-state index in [0.717, 1.165) is 5.75 Å². The third kappa shape index (κ3) is 3.68. The number of hydrogen-bond acceptors (Lipinski definition) is 6. The highest BCUT2D eigenvalue weighted by Crippen LogP contribution is 2.41. The van der Waals surface area contributed by atoms with Crippen molar-refractivity contribution < 1.29 is 23.8 Å². The van der Waals surface area contributed by atoms with Crippen molar-refractivity contribution in [2.24, 2.45) is 4.99 Å². The van der Waals surface area contributed by atoms with Crippen LogP contribution in [0.5, 0.6) is 11.5 Å². The third-order valence-electron chi connectivity index (χ3n) is 5.14. The summed E-state index contributed by atoms with van der Waals surface area (Å²) in [6.45, 7) is 4.96. The largest absolute Gasteiger partial charge is 0.497 e. The van der Waals surface area contributed by atoms with Crippen molar-refractivity contribution in [1.82, 2.24) is 0 Å². The van der Waals surface area contributed by atoms with Crippen molar-refractivity contribution in [2.45, 2.75) is 32.4 Å². The predicted octanol–water partition coefficient (Wildman–Crippen LogP) is 3.53. The van der Waals surface area contributed by atoms with E-state index >= 15 is 0 Å². The van der Waals surface area contributed by atoms with Crippen LogP contribution in [0.2, 0.25) is 0 Å². The van der Waals surface area contributed by atoms with Crippen LogP contribution in [0.1, 0.15) is 20.8 Å². The number of nitrogens with zero attached hydrogens (tertiary/aromatic N) is 2. The highest BCUT2D eigenvalue weighted by atomic mass is 16.6. The van der Waals surface area contributed by atoms with Crippen LogP contribution in [-0.4, -0.2) is 43.5 Å². The van der Waals surface area contributed by atoms with E-state index in [-0.39, 0.29) is 5.91 Å². The van der Waals surface area contributed by atoms with Gasteiger partial charge in [-0.25, -0.2) is 0 Å². The van der Waals surface area contributed by atoms with Crippen molar-refractivity contribution in [3.8, 4) is 11.5 Å². The number of methoxy groups -OCH3 is 2. The van der Waals surface area contributed by atoms with Crippen LogP contribution >= 0.6 is 0 Å². The lowest BCUT2D eigenvalue weighted by atomic mass is 9.77. The molecule has 0 radical (unpaired) electrons. The van der Waals surface area contributed by atoms with Gasteiger partial charge in [0.15, 0.2) is 0 Å².